The minimum absolute atomic E-state index is 0.166. The lowest BCUT2D eigenvalue weighted by Crippen LogP contribution is -2.36. The average molecular weight is 340 g/mol. The molecule has 1 amide bonds. The Labute approximate surface area is 136 Å². The monoisotopic (exact) mass is 339 g/mol. The number of methoxy groups -OCH3 is 1. The number of ether oxygens (including phenoxy) is 1. The van der Waals surface area contributed by atoms with Crippen molar-refractivity contribution in [2.45, 2.75) is 13.5 Å². The predicted molar refractivity (Wildman–Crippen MR) is 82.9 cm³/mol. The van der Waals surface area contributed by atoms with E-state index in [1.807, 2.05) is 6.07 Å². The highest BCUT2D eigenvalue weighted by Gasteiger charge is 2.24. The molecule has 8 heteroatoms. The normalized spacial score (nSPS) is 10.3. The van der Waals surface area contributed by atoms with Crippen LogP contribution in [0.5, 0.6) is 0 Å². The van der Waals surface area contributed by atoms with E-state index in [1.54, 1.807) is 25.3 Å². The van der Waals surface area contributed by atoms with Crippen LogP contribution >= 0.6 is 22.9 Å². The molecule has 0 atom stereocenters. The van der Waals surface area contributed by atoms with E-state index in [0.717, 1.165) is 11.3 Å². The van der Waals surface area contributed by atoms with E-state index in [9.17, 15) is 9.59 Å². The Hall–Kier alpha value is -1.99. The third-order valence-corrected chi connectivity index (χ3v) is 4.13. The second kappa shape index (κ2) is 7.33. The molecule has 116 valence electrons. The quantitative estimate of drug-likeness (QED) is 0.782. The van der Waals surface area contributed by atoms with Crippen LogP contribution in [-0.2, 0) is 16.1 Å². The van der Waals surface area contributed by atoms with Gasteiger partial charge in [0.25, 0.3) is 5.91 Å². The number of carbonyl (C=O) groups is 2. The average Bonchev–Trinajstić information content (AvgIpc) is 2.85. The number of nitrogens with zero attached hydrogens (tertiary/aromatic N) is 3. The molecule has 2 rings (SSSR count). The number of esters is 1. The number of aryl methyl sites for hydroxylation is 1. The molecule has 0 bridgehead atoms. The van der Waals surface area contributed by atoms with E-state index in [2.05, 4.69) is 14.7 Å². The Morgan fingerprint density at radius 2 is 2.18 bits per heavy atom. The summed E-state index contributed by atoms with van der Waals surface area (Å²) < 4.78 is 4.94. The van der Waals surface area contributed by atoms with E-state index < -0.39 is 5.97 Å². The van der Waals surface area contributed by atoms with Crippen LogP contribution in [0.4, 0.5) is 0 Å². The maximum Gasteiger partial charge on any atom is 0.325 e. The lowest BCUT2D eigenvalue weighted by molar-refractivity contribution is -0.141. The number of hydrogen-bond acceptors (Lipinski definition) is 6. The second-order valence-electron chi connectivity index (χ2n) is 4.44. The van der Waals surface area contributed by atoms with Gasteiger partial charge in [-0.05, 0) is 19.1 Å². The maximum atomic E-state index is 12.6. The maximum absolute atomic E-state index is 12.6. The highest BCUT2D eigenvalue weighted by atomic mass is 35.5. The number of hydrogen-bond donors (Lipinski definition) is 0. The molecule has 6 nitrogen and oxygen atoms in total. The Morgan fingerprint density at radius 1 is 1.41 bits per heavy atom. The van der Waals surface area contributed by atoms with Gasteiger partial charge in [-0.2, -0.15) is 0 Å². The number of rotatable bonds is 5. The molecule has 0 unspecified atom stereocenters. The lowest BCUT2D eigenvalue weighted by Gasteiger charge is -2.20. The smallest absolute Gasteiger partial charge is 0.325 e. The molecule has 0 saturated heterocycles. The predicted octanol–water partition coefficient (Wildman–Crippen LogP) is 2.32. The van der Waals surface area contributed by atoms with E-state index in [-0.39, 0.29) is 23.5 Å². The van der Waals surface area contributed by atoms with Gasteiger partial charge in [0.2, 0.25) is 0 Å². The zero-order valence-electron chi connectivity index (χ0n) is 12.1. The van der Waals surface area contributed by atoms with Gasteiger partial charge in [0.1, 0.15) is 11.4 Å². The summed E-state index contributed by atoms with van der Waals surface area (Å²) in [6.07, 6.45) is 1.63. The summed E-state index contributed by atoms with van der Waals surface area (Å²) in [5, 5.41) is 0. The number of thiazole rings is 1. The molecule has 0 aliphatic carbocycles. The first-order chi connectivity index (χ1) is 10.5. The standard InChI is InChI=1S/C14H14ClN3O3S/c1-9-12(22-14(15)17-9)13(20)18(8-11(19)21-2)7-10-5-3-4-6-16-10/h3-6H,7-8H2,1-2H3. The molecule has 0 saturated carbocycles. The van der Waals surface area contributed by atoms with Gasteiger partial charge in [0.15, 0.2) is 4.47 Å². The Balaban J connectivity index is 2.25. The van der Waals surface area contributed by atoms with E-state index in [4.69, 9.17) is 11.6 Å². The number of pyridine rings is 1. The van der Waals surface area contributed by atoms with Crippen molar-refractivity contribution in [1.29, 1.82) is 0 Å². The summed E-state index contributed by atoms with van der Waals surface area (Å²) in [7, 11) is 1.28. The van der Waals surface area contributed by atoms with Crippen LogP contribution in [0.25, 0.3) is 0 Å². The van der Waals surface area contributed by atoms with Crippen LogP contribution in [0.3, 0.4) is 0 Å². The van der Waals surface area contributed by atoms with Crippen molar-refractivity contribution in [3.05, 3.63) is 45.1 Å². The molecule has 0 aromatic carbocycles. The van der Waals surface area contributed by atoms with E-state index >= 15 is 0 Å². The molecule has 0 aliphatic rings. The molecule has 2 aromatic heterocycles. The number of amides is 1. The highest BCUT2D eigenvalue weighted by molar-refractivity contribution is 7.17. The third kappa shape index (κ3) is 4.02. The summed E-state index contributed by atoms with van der Waals surface area (Å²) in [5.74, 6) is -0.824. The Bertz CT molecular complexity index is 675. The first kappa shape index (κ1) is 16.4. The SMILES string of the molecule is COC(=O)CN(Cc1ccccn1)C(=O)c1sc(Cl)nc1C. The van der Waals surface area contributed by atoms with Crippen LogP contribution in [0.2, 0.25) is 4.47 Å². The number of halogens is 1. The van der Waals surface area contributed by atoms with Gasteiger partial charge in [-0.1, -0.05) is 29.0 Å². The minimum atomic E-state index is -0.502. The molecule has 0 N–H and O–H groups in total. The topological polar surface area (TPSA) is 72.4 Å². The largest absolute Gasteiger partial charge is 0.468 e. The Kier molecular flexibility index (Phi) is 5.46. The van der Waals surface area contributed by atoms with Crippen molar-refractivity contribution in [2.24, 2.45) is 0 Å². The van der Waals surface area contributed by atoms with Gasteiger partial charge in [-0.25, -0.2) is 4.98 Å². The summed E-state index contributed by atoms with van der Waals surface area (Å²) >= 11 is 6.93. The summed E-state index contributed by atoms with van der Waals surface area (Å²) in [4.78, 5) is 34.2. The van der Waals surface area contributed by atoms with Crippen molar-refractivity contribution < 1.29 is 14.3 Å². The fourth-order valence-corrected chi connectivity index (χ4v) is 2.93. The van der Waals surface area contributed by atoms with Crippen molar-refractivity contribution in [2.75, 3.05) is 13.7 Å². The number of carbonyl (C=O) groups excluding carboxylic acids is 2. The molecule has 0 radical (unpaired) electrons. The fraction of sp³-hybridized carbons (Fsp3) is 0.286. The summed E-state index contributed by atoms with van der Waals surface area (Å²) in [5.41, 5.74) is 1.21. The van der Waals surface area contributed by atoms with Crippen molar-refractivity contribution in [3.63, 3.8) is 0 Å². The third-order valence-electron chi connectivity index (χ3n) is 2.88. The van der Waals surface area contributed by atoms with Gasteiger partial charge in [-0.15, -0.1) is 0 Å². The van der Waals surface area contributed by atoms with Gasteiger partial charge < -0.3 is 9.64 Å². The molecule has 22 heavy (non-hydrogen) atoms. The van der Waals surface area contributed by atoms with Crippen molar-refractivity contribution >= 4 is 34.8 Å². The van der Waals surface area contributed by atoms with Crippen LogP contribution in [0.1, 0.15) is 21.1 Å². The van der Waals surface area contributed by atoms with Crippen LogP contribution < -0.4 is 0 Å². The zero-order valence-corrected chi connectivity index (χ0v) is 13.6. The van der Waals surface area contributed by atoms with Gasteiger partial charge in [0, 0.05) is 6.20 Å². The van der Waals surface area contributed by atoms with E-state index in [1.165, 1.54) is 12.0 Å². The van der Waals surface area contributed by atoms with Crippen LogP contribution in [-0.4, -0.2) is 40.4 Å². The molecule has 0 aliphatic heterocycles. The molecular formula is C14H14ClN3O3S. The molecular weight excluding hydrogens is 326 g/mol. The van der Waals surface area contributed by atoms with Crippen molar-refractivity contribution in [1.82, 2.24) is 14.9 Å². The zero-order chi connectivity index (χ0) is 16.1. The van der Waals surface area contributed by atoms with Crippen LogP contribution in [0.15, 0.2) is 24.4 Å². The van der Waals surface area contributed by atoms with Gasteiger partial charge >= 0.3 is 5.97 Å². The Morgan fingerprint density at radius 3 is 2.73 bits per heavy atom. The molecule has 2 heterocycles. The minimum Gasteiger partial charge on any atom is -0.468 e. The second-order valence-corrected chi connectivity index (χ2v) is 6.02. The lowest BCUT2D eigenvalue weighted by atomic mass is 10.3. The van der Waals surface area contributed by atoms with Crippen LogP contribution in [0, 0.1) is 6.92 Å². The first-order valence-corrected chi connectivity index (χ1v) is 7.59. The highest BCUT2D eigenvalue weighted by Crippen LogP contribution is 2.24. The molecule has 2 aromatic rings. The molecule has 0 fully saturated rings. The van der Waals surface area contributed by atoms with Crippen molar-refractivity contribution in [3.8, 4) is 0 Å². The number of aromatic nitrogens is 2. The molecule has 0 spiro atoms. The summed E-state index contributed by atoms with van der Waals surface area (Å²) in [6, 6.07) is 5.38. The first-order valence-electron chi connectivity index (χ1n) is 6.40. The van der Waals surface area contributed by atoms with Gasteiger partial charge in [-0.3, -0.25) is 14.6 Å². The van der Waals surface area contributed by atoms with Gasteiger partial charge in [0.05, 0.1) is 25.0 Å². The fourth-order valence-electron chi connectivity index (χ4n) is 1.81. The summed E-state index contributed by atoms with van der Waals surface area (Å²) in [6.45, 7) is 1.73. The van der Waals surface area contributed by atoms with E-state index in [0.29, 0.717) is 16.3 Å².